The van der Waals surface area contributed by atoms with Crippen molar-refractivity contribution in [1.82, 2.24) is 0 Å². The third-order valence-electron chi connectivity index (χ3n) is 1.94. The van der Waals surface area contributed by atoms with Gasteiger partial charge in [0.2, 0.25) is 0 Å². The van der Waals surface area contributed by atoms with Crippen LogP contribution in [0.15, 0.2) is 0 Å². The van der Waals surface area contributed by atoms with Crippen molar-refractivity contribution < 1.29 is 22.7 Å². The molecule has 0 amide bonds. The molecule has 0 saturated carbocycles. The van der Waals surface area contributed by atoms with Crippen LogP contribution in [0.2, 0.25) is 0 Å². The number of halogens is 3. The summed E-state index contributed by atoms with van der Waals surface area (Å²) < 4.78 is 39.3. The van der Waals surface area contributed by atoms with Gasteiger partial charge in [-0.15, -0.1) is 0 Å². The highest BCUT2D eigenvalue weighted by Crippen LogP contribution is 2.21. The molecule has 0 spiro atoms. The Morgan fingerprint density at radius 3 is 2.27 bits per heavy atom. The Balaban J connectivity index is 4.08. The molecule has 15 heavy (non-hydrogen) atoms. The van der Waals surface area contributed by atoms with Crippen LogP contribution in [0.4, 0.5) is 13.2 Å². The first-order valence-electron chi connectivity index (χ1n) is 4.43. The van der Waals surface area contributed by atoms with E-state index in [0.717, 1.165) is 5.92 Å². The molecule has 0 atom stereocenters. The van der Waals surface area contributed by atoms with Gasteiger partial charge < -0.3 is 4.74 Å². The van der Waals surface area contributed by atoms with Crippen molar-refractivity contribution in [2.24, 2.45) is 5.41 Å². The van der Waals surface area contributed by atoms with Crippen LogP contribution in [0.1, 0.15) is 27.2 Å². The second kappa shape index (κ2) is 5.06. The van der Waals surface area contributed by atoms with Gasteiger partial charge in [0.1, 0.15) is 0 Å². The van der Waals surface area contributed by atoms with Crippen LogP contribution in [0.3, 0.4) is 0 Å². The van der Waals surface area contributed by atoms with E-state index in [1.807, 2.05) is 0 Å². The highest BCUT2D eigenvalue weighted by atomic mass is 19.4. The number of carbonyl (C=O) groups is 1. The molecule has 0 N–H and O–H groups in total. The van der Waals surface area contributed by atoms with Gasteiger partial charge in [0.05, 0.1) is 5.41 Å². The lowest BCUT2D eigenvalue weighted by molar-refractivity contribution is -0.152. The first-order valence-corrected chi connectivity index (χ1v) is 4.43. The Hall–Kier alpha value is -1.18. The summed E-state index contributed by atoms with van der Waals surface area (Å²) in [5.41, 5.74) is -0.681. The molecule has 0 bridgehead atoms. The van der Waals surface area contributed by atoms with Crippen molar-refractivity contribution in [1.29, 1.82) is 0 Å². The van der Waals surface area contributed by atoms with Gasteiger partial charge in [-0.3, -0.25) is 4.79 Å². The Bertz CT molecular complexity index is 281. The summed E-state index contributed by atoms with van der Waals surface area (Å²) in [6.07, 6.45) is -3.98. The molecule has 0 aliphatic heterocycles. The number of ether oxygens (including phenoxy) is 1. The van der Waals surface area contributed by atoms with E-state index in [0.29, 0.717) is 6.42 Å². The maximum atomic E-state index is 11.6. The molecule has 5 heteroatoms. The summed E-state index contributed by atoms with van der Waals surface area (Å²) in [7, 11) is 0. The fourth-order valence-electron chi connectivity index (χ4n) is 0.578. The van der Waals surface area contributed by atoms with Crippen LogP contribution in [0.25, 0.3) is 0 Å². The molecule has 0 unspecified atom stereocenters. The lowest BCUT2D eigenvalue weighted by atomic mass is 9.91. The first-order chi connectivity index (χ1) is 6.69. The van der Waals surface area contributed by atoms with Crippen LogP contribution >= 0.6 is 0 Å². The number of rotatable bonds is 3. The smallest absolute Gasteiger partial charge is 0.452 e. The number of alkyl halides is 3. The molecule has 0 heterocycles. The summed E-state index contributed by atoms with van der Waals surface area (Å²) in [4.78, 5) is 11.2. The molecule has 0 aromatic heterocycles. The van der Waals surface area contributed by atoms with Crippen LogP contribution in [-0.2, 0) is 9.53 Å². The minimum Gasteiger partial charge on any atom is -0.452 e. The minimum absolute atomic E-state index is 0.526. The van der Waals surface area contributed by atoms with E-state index < -0.39 is 24.2 Å². The zero-order chi connectivity index (χ0) is 12.1. The summed E-state index contributed by atoms with van der Waals surface area (Å²) in [6.45, 7) is 4.59. The zero-order valence-corrected chi connectivity index (χ0v) is 8.86. The third kappa shape index (κ3) is 6.00. The van der Waals surface area contributed by atoms with Gasteiger partial charge in [-0.05, 0) is 20.3 Å². The summed E-state index contributed by atoms with van der Waals surface area (Å²) in [5, 5.41) is 0. The SMILES string of the molecule is CCC(C)(C)C(=O)OCC#CC(F)(F)F. The maximum absolute atomic E-state index is 11.6. The molecule has 86 valence electrons. The highest BCUT2D eigenvalue weighted by molar-refractivity contribution is 5.75. The number of hydrogen-bond donors (Lipinski definition) is 0. The van der Waals surface area contributed by atoms with Crippen molar-refractivity contribution in [3.05, 3.63) is 0 Å². The predicted molar refractivity (Wildman–Crippen MR) is 48.9 cm³/mol. The van der Waals surface area contributed by atoms with Crippen LogP contribution in [0, 0.1) is 17.3 Å². The Morgan fingerprint density at radius 1 is 1.33 bits per heavy atom. The zero-order valence-electron chi connectivity index (χ0n) is 8.86. The Kier molecular flexibility index (Phi) is 4.66. The van der Waals surface area contributed by atoms with Gasteiger partial charge in [-0.1, -0.05) is 12.8 Å². The molecular formula is C10H13F3O2. The van der Waals surface area contributed by atoms with E-state index in [4.69, 9.17) is 0 Å². The van der Waals surface area contributed by atoms with Gasteiger partial charge in [0.25, 0.3) is 0 Å². The quantitative estimate of drug-likeness (QED) is 0.541. The fraction of sp³-hybridized carbons (Fsp3) is 0.700. The largest absolute Gasteiger partial charge is 0.457 e. The number of carbonyl (C=O) groups excluding carboxylic acids is 1. The van der Waals surface area contributed by atoms with Crippen LogP contribution < -0.4 is 0 Å². The molecule has 0 radical (unpaired) electrons. The second-order valence-corrected chi connectivity index (χ2v) is 3.61. The average Bonchev–Trinajstić information content (AvgIpc) is 2.10. The fourth-order valence-corrected chi connectivity index (χ4v) is 0.578. The summed E-state index contributed by atoms with van der Waals surface area (Å²) in [5.74, 6) is 2.21. The molecule has 0 fully saturated rings. The monoisotopic (exact) mass is 222 g/mol. The molecular weight excluding hydrogens is 209 g/mol. The van der Waals surface area contributed by atoms with Crippen molar-refractivity contribution in [2.45, 2.75) is 33.4 Å². The van der Waals surface area contributed by atoms with Crippen molar-refractivity contribution in [3.8, 4) is 11.8 Å². The summed E-state index contributed by atoms with van der Waals surface area (Å²) in [6, 6.07) is 0. The molecule has 0 aromatic rings. The van der Waals surface area contributed by atoms with Crippen LogP contribution in [-0.4, -0.2) is 18.8 Å². The van der Waals surface area contributed by atoms with E-state index in [2.05, 4.69) is 4.74 Å². The molecule has 0 rings (SSSR count). The van der Waals surface area contributed by atoms with E-state index in [1.165, 1.54) is 0 Å². The van der Waals surface area contributed by atoms with Gasteiger partial charge in [-0.2, -0.15) is 13.2 Å². The molecule has 0 aliphatic rings. The maximum Gasteiger partial charge on any atom is 0.457 e. The Morgan fingerprint density at radius 2 is 1.87 bits per heavy atom. The van der Waals surface area contributed by atoms with Crippen molar-refractivity contribution in [2.75, 3.05) is 6.61 Å². The lowest BCUT2D eigenvalue weighted by Crippen LogP contribution is -2.25. The summed E-state index contributed by atoms with van der Waals surface area (Å²) >= 11 is 0. The van der Waals surface area contributed by atoms with Gasteiger partial charge in [-0.25, -0.2) is 0 Å². The van der Waals surface area contributed by atoms with E-state index in [9.17, 15) is 18.0 Å². The molecule has 0 saturated heterocycles. The minimum atomic E-state index is -4.54. The highest BCUT2D eigenvalue weighted by Gasteiger charge is 2.27. The number of esters is 1. The van der Waals surface area contributed by atoms with Crippen molar-refractivity contribution in [3.63, 3.8) is 0 Å². The van der Waals surface area contributed by atoms with Crippen LogP contribution in [0.5, 0.6) is 0 Å². The molecule has 2 nitrogen and oxygen atoms in total. The van der Waals surface area contributed by atoms with Crippen molar-refractivity contribution >= 4 is 5.97 Å². The predicted octanol–water partition coefficient (Wildman–Crippen LogP) is 2.53. The normalized spacial score (nSPS) is 11.6. The molecule has 0 aliphatic carbocycles. The van der Waals surface area contributed by atoms with E-state index in [-0.39, 0.29) is 0 Å². The Labute approximate surface area is 86.8 Å². The van der Waals surface area contributed by atoms with E-state index in [1.54, 1.807) is 26.7 Å². The van der Waals surface area contributed by atoms with E-state index >= 15 is 0 Å². The van der Waals surface area contributed by atoms with Gasteiger partial charge in [0.15, 0.2) is 6.61 Å². The topological polar surface area (TPSA) is 26.3 Å². The third-order valence-corrected chi connectivity index (χ3v) is 1.94. The average molecular weight is 222 g/mol. The lowest BCUT2D eigenvalue weighted by Gasteiger charge is -2.19. The second-order valence-electron chi connectivity index (χ2n) is 3.61. The molecule has 0 aromatic carbocycles. The van der Waals surface area contributed by atoms with Gasteiger partial charge >= 0.3 is 12.1 Å². The first kappa shape index (κ1) is 13.8. The standard InChI is InChI=1S/C10H13F3O2/c1-4-9(2,3)8(14)15-7-5-6-10(11,12)13/h4,7H2,1-3H3. The van der Waals surface area contributed by atoms with Gasteiger partial charge in [0, 0.05) is 5.92 Å². The number of hydrogen-bond acceptors (Lipinski definition) is 2.